The summed E-state index contributed by atoms with van der Waals surface area (Å²) >= 11 is 0. The second kappa shape index (κ2) is 3.81. The molecular weight excluding hydrogens is 202 g/mol. The fourth-order valence-electron chi connectivity index (χ4n) is 2.44. The van der Waals surface area contributed by atoms with Gasteiger partial charge in [-0.2, -0.15) is 0 Å². The van der Waals surface area contributed by atoms with Gasteiger partial charge in [-0.1, -0.05) is 32.0 Å². The molecule has 0 fully saturated rings. The summed E-state index contributed by atoms with van der Waals surface area (Å²) < 4.78 is 0. The van der Waals surface area contributed by atoms with Gasteiger partial charge in [-0.15, -0.1) is 0 Å². The fourth-order valence-corrected chi connectivity index (χ4v) is 2.44. The highest BCUT2D eigenvalue weighted by Crippen LogP contribution is 2.40. The van der Waals surface area contributed by atoms with Crippen LogP contribution in [0.3, 0.4) is 0 Å². The van der Waals surface area contributed by atoms with Crippen LogP contribution in [-0.2, 0) is 4.79 Å². The van der Waals surface area contributed by atoms with Crippen molar-refractivity contribution in [1.82, 2.24) is 0 Å². The van der Waals surface area contributed by atoms with Crippen LogP contribution in [0.5, 0.6) is 0 Å². The summed E-state index contributed by atoms with van der Waals surface area (Å²) in [7, 11) is 1.97. The van der Waals surface area contributed by atoms with E-state index in [1.165, 1.54) is 5.56 Å². The number of para-hydroxylation sites is 1. The van der Waals surface area contributed by atoms with Crippen LogP contribution in [0.15, 0.2) is 18.2 Å². The Kier molecular flexibility index (Phi) is 2.62. The highest BCUT2D eigenvalue weighted by atomic mass is 16.4. The molecule has 1 unspecified atom stereocenters. The van der Waals surface area contributed by atoms with Crippen molar-refractivity contribution in [2.24, 2.45) is 0 Å². The van der Waals surface area contributed by atoms with Crippen LogP contribution in [0.1, 0.15) is 36.8 Å². The molecule has 1 aromatic rings. The maximum Gasteiger partial charge on any atom is 0.312 e. The first-order chi connectivity index (χ1) is 7.52. The topological polar surface area (TPSA) is 40.5 Å². The minimum Gasteiger partial charge on any atom is -0.481 e. The highest BCUT2D eigenvalue weighted by molar-refractivity contribution is 5.84. The summed E-state index contributed by atoms with van der Waals surface area (Å²) in [5.74, 6) is -0.685. The summed E-state index contributed by atoms with van der Waals surface area (Å²) in [5, 5.41) is 9.18. The molecule has 86 valence electrons. The summed E-state index contributed by atoms with van der Waals surface area (Å²) in [4.78, 5) is 13.2. The number of likely N-dealkylation sites (N-methyl/N-ethyl adjacent to an activating group) is 1. The Balaban J connectivity index is 2.55. The van der Waals surface area contributed by atoms with Gasteiger partial charge < -0.3 is 10.0 Å². The van der Waals surface area contributed by atoms with E-state index in [0.717, 1.165) is 11.3 Å². The Hall–Kier alpha value is -1.51. The predicted molar refractivity (Wildman–Crippen MR) is 64.2 cm³/mol. The lowest BCUT2D eigenvalue weighted by molar-refractivity contribution is -0.138. The van der Waals surface area contributed by atoms with Gasteiger partial charge in [-0.3, -0.25) is 4.79 Å². The molecule has 3 heteroatoms. The Bertz CT molecular complexity index is 426. The van der Waals surface area contributed by atoms with Gasteiger partial charge in [-0.25, -0.2) is 0 Å². The summed E-state index contributed by atoms with van der Waals surface area (Å²) in [6.45, 7) is 4.85. The molecule has 0 spiro atoms. The molecule has 1 aliphatic rings. The molecule has 0 radical (unpaired) electrons. The van der Waals surface area contributed by atoms with Gasteiger partial charge in [-0.05, 0) is 17.0 Å². The van der Waals surface area contributed by atoms with Gasteiger partial charge in [0.1, 0.15) is 5.92 Å². The maximum absolute atomic E-state index is 11.2. The normalized spacial score (nSPS) is 19.0. The molecule has 1 heterocycles. The standard InChI is InChI=1S/C13H17NO2/c1-8(2)9-5-4-6-10-11(13(15)16)7-14(3)12(9)10/h4-6,8,11H,7H2,1-3H3,(H,15,16). The third kappa shape index (κ3) is 1.56. The van der Waals surface area contributed by atoms with Gasteiger partial charge in [0.15, 0.2) is 0 Å². The molecule has 2 rings (SSSR count). The van der Waals surface area contributed by atoms with Gasteiger partial charge in [0.2, 0.25) is 0 Å². The van der Waals surface area contributed by atoms with Crippen LogP contribution in [0.2, 0.25) is 0 Å². The number of anilines is 1. The van der Waals surface area contributed by atoms with Gasteiger partial charge >= 0.3 is 5.97 Å². The second-order valence-electron chi connectivity index (χ2n) is 4.71. The number of nitrogens with zero attached hydrogens (tertiary/aromatic N) is 1. The number of rotatable bonds is 2. The molecule has 1 aliphatic heterocycles. The molecule has 0 aromatic heterocycles. The van der Waals surface area contributed by atoms with E-state index in [-0.39, 0.29) is 5.92 Å². The molecule has 1 atom stereocenters. The Morgan fingerprint density at radius 1 is 1.50 bits per heavy atom. The number of aliphatic carboxylic acids is 1. The highest BCUT2D eigenvalue weighted by Gasteiger charge is 2.33. The van der Waals surface area contributed by atoms with Crippen molar-refractivity contribution in [1.29, 1.82) is 0 Å². The minimum atomic E-state index is -0.730. The minimum absolute atomic E-state index is 0.376. The zero-order valence-electron chi connectivity index (χ0n) is 9.90. The molecule has 0 bridgehead atoms. The number of carboxylic acid groups (broad SMARTS) is 1. The van der Waals surface area contributed by atoms with E-state index in [9.17, 15) is 9.90 Å². The lowest BCUT2D eigenvalue weighted by Gasteiger charge is -2.18. The van der Waals surface area contributed by atoms with Crippen molar-refractivity contribution in [2.45, 2.75) is 25.7 Å². The lowest BCUT2D eigenvalue weighted by atomic mass is 9.94. The predicted octanol–water partition coefficient (Wildman–Crippen LogP) is 2.43. The summed E-state index contributed by atoms with van der Waals surface area (Å²) in [5.41, 5.74) is 3.31. The van der Waals surface area contributed by atoms with E-state index in [1.54, 1.807) is 0 Å². The van der Waals surface area contributed by atoms with Crippen molar-refractivity contribution < 1.29 is 9.90 Å². The van der Waals surface area contributed by atoms with E-state index in [0.29, 0.717) is 12.5 Å². The van der Waals surface area contributed by atoms with E-state index in [4.69, 9.17) is 0 Å². The first-order valence-electron chi connectivity index (χ1n) is 5.59. The van der Waals surface area contributed by atoms with Crippen LogP contribution in [-0.4, -0.2) is 24.7 Å². The molecule has 0 aliphatic carbocycles. The van der Waals surface area contributed by atoms with Crippen LogP contribution in [0.25, 0.3) is 0 Å². The molecule has 0 saturated heterocycles. The zero-order valence-corrected chi connectivity index (χ0v) is 9.90. The number of hydrogen-bond donors (Lipinski definition) is 1. The monoisotopic (exact) mass is 219 g/mol. The maximum atomic E-state index is 11.2. The molecule has 16 heavy (non-hydrogen) atoms. The van der Waals surface area contributed by atoms with Crippen molar-refractivity contribution in [3.63, 3.8) is 0 Å². The van der Waals surface area contributed by atoms with Gasteiger partial charge in [0.25, 0.3) is 0 Å². The van der Waals surface area contributed by atoms with Crippen LogP contribution < -0.4 is 4.90 Å². The lowest BCUT2D eigenvalue weighted by Crippen LogP contribution is -2.20. The van der Waals surface area contributed by atoms with Crippen molar-refractivity contribution in [2.75, 3.05) is 18.5 Å². The van der Waals surface area contributed by atoms with Crippen molar-refractivity contribution in [3.8, 4) is 0 Å². The van der Waals surface area contributed by atoms with Crippen LogP contribution in [0.4, 0.5) is 5.69 Å². The quantitative estimate of drug-likeness (QED) is 0.830. The third-order valence-corrected chi connectivity index (χ3v) is 3.23. The number of carbonyl (C=O) groups is 1. The molecule has 1 N–H and O–H groups in total. The smallest absolute Gasteiger partial charge is 0.312 e. The van der Waals surface area contributed by atoms with E-state index in [1.807, 2.05) is 19.2 Å². The number of carboxylic acids is 1. The molecule has 0 amide bonds. The Labute approximate surface area is 95.7 Å². The van der Waals surface area contributed by atoms with Gasteiger partial charge in [0, 0.05) is 19.3 Å². The number of fused-ring (bicyclic) bond motifs is 1. The second-order valence-corrected chi connectivity index (χ2v) is 4.71. The van der Waals surface area contributed by atoms with Crippen LogP contribution in [0, 0.1) is 0 Å². The Morgan fingerprint density at radius 2 is 2.19 bits per heavy atom. The number of hydrogen-bond acceptors (Lipinski definition) is 2. The average molecular weight is 219 g/mol. The molecule has 3 nitrogen and oxygen atoms in total. The summed E-state index contributed by atoms with van der Waals surface area (Å²) in [6.07, 6.45) is 0. The molecular formula is C13H17NO2. The zero-order chi connectivity index (χ0) is 11.9. The van der Waals surface area contributed by atoms with E-state index in [2.05, 4.69) is 24.8 Å². The summed E-state index contributed by atoms with van der Waals surface area (Å²) in [6, 6.07) is 5.98. The Morgan fingerprint density at radius 3 is 2.75 bits per heavy atom. The van der Waals surface area contributed by atoms with E-state index >= 15 is 0 Å². The third-order valence-electron chi connectivity index (χ3n) is 3.23. The molecule has 1 aromatic carbocycles. The largest absolute Gasteiger partial charge is 0.481 e. The van der Waals surface area contributed by atoms with Gasteiger partial charge in [0.05, 0.1) is 0 Å². The van der Waals surface area contributed by atoms with E-state index < -0.39 is 5.97 Å². The first kappa shape index (κ1) is 11.0. The number of benzene rings is 1. The SMILES string of the molecule is CC(C)c1cccc2c1N(C)CC2C(=O)O. The van der Waals surface area contributed by atoms with Crippen LogP contribution >= 0.6 is 0 Å². The van der Waals surface area contributed by atoms with Crippen molar-refractivity contribution in [3.05, 3.63) is 29.3 Å². The fraction of sp³-hybridized carbons (Fsp3) is 0.462. The molecule has 0 saturated carbocycles. The first-order valence-corrected chi connectivity index (χ1v) is 5.59. The average Bonchev–Trinajstić information content (AvgIpc) is 2.56. The van der Waals surface area contributed by atoms with Crippen molar-refractivity contribution >= 4 is 11.7 Å².